The van der Waals surface area contributed by atoms with Crippen molar-refractivity contribution in [3.8, 4) is 5.75 Å². The summed E-state index contributed by atoms with van der Waals surface area (Å²) in [4.78, 5) is 27.2. The number of non-ortho nitro benzene ring substituents is 1. The number of carbonyl (C=O) groups is 1. The van der Waals surface area contributed by atoms with Gasteiger partial charge in [-0.25, -0.2) is 18.9 Å². The second kappa shape index (κ2) is 12.3. The Hall–Kier alpha value is -2.66. The summed E-state index contributed by atoms with van der Waals surface area (Å²) < 4.78 is 21.2. The molecule has 2 aliphatic heterocycles. The molecule has 10 nitrogen and oxygen atoms in total. The van der Waals surface area contributed by atoms with Crippen molar-refractivity contribution in [3.63, 3.8) is 0 Å². The fourth-order valence-electron chi connectivity index (χ4n) is 4.97. The third kappa shape index (κ3) is 5.59. The van der Waals surface area contributed by atoms with E-state index >= 15 is 0 Å². The van der Waals surface area contributed by atoms with E-state index in [0.29, 0.717) is 52.9 Å². The number of benzene rings is 3. The molecule has 41 heavy (non-hydrogen) atoms. The molecule has 1 atom stereocenters. The fraction of sp³-hybridized carbons (Fsp3) is 0.296. The Balaban J connectivity index is 1.86. The summed E-state index contributed by atoms with van der Waals surface area (Å²) >= 11 is 16.2. The van der Waals surface area contributed by atoms with Crippen molar-refractivity contribution in [2.75, 3.05) is 49.0 Å². The molecule has 1 fully saturated rings. The Bertz CT molecular complexity index is 1570. The first-order valence-corrected chi connectivity index (χ1v) is 16.2. The third-order valence-corrected chi connectivity index (χ3v) is 12.0. The van der Waals surface area contributed by atoms with Gasteiger partial charge in [-0.1, -0.05) is 23.2 Å². The minimum absolute atomic E-state index is 0.0803. The Morgan fingerprint density at radius 2 is 1.78 bits per heavy atom. The first kappa shape index (κ1) is 29.8. The summed E-state index contributed by atoms with van der Waals surface area (Å²) in [6, 6.07) is 15.2. The summed E-state index contributed by atoms with van der Waals surface area (Å²) in [6.45, 7) is 7.55. The molecule has 3 aromatic carbocycles. The molecule has 1 amide bonds. The van der Waals surface area contributed by atoms with E-state index in [2.05, 4.69) is 39.3 Å². The van der Waals surface area contributed by atoms with Crippen molar-refractivity contribution < 1.29 is 19.2 Å². The molecule has 0 aromatic heterocycles. The van der Waals surface area contributed by atoms with Gasteiger partial charge in [0.15, 0.2) is 7.36 Å². The van der Waals surface area contributed by atoms with Gasteiger partial charge < -0.3 is 14.4 Å². The highest BCUT2D eigenvalue weighted by molar-refractivity contribution is 9.10. The smallest absolute Gasteiger partial charge is 0.409 e. The number of amides is 1. The zero-order valence-corrected chi connectivity index (χ0v) is 26.3. The number of carbonyl (C=O) groups excluding carboxylic acids is 1. The van der Waals surface area contributed by atoms with Crippen molar-refractivity contribution in [2.24, 2.45) is 4.74 Å². The van der Waals surface area contributed by atoms with Crippen LogP contribution in [0.3, 0.4) is 0 Å². The number of morpholine rings is 1. The van der Waals surface area contributed by atoms with Crippen LogP contribution >= 0.6 is 46.5 Å². The Morgan fingerprint density at radius 3 is 2.41 bits per heavy atom. The van der Waals surface area contributed by atoms with E-state index in [-0.39, 0.29) is 10.7 Å². The van der Waals surface area contributed by atoms with Gasteiger partial charge in [-0.05, 0) is 66.2 Å². The largest absolute Gasteiger partial charge is 0.425 e. The Morgan fingerprint density at radius 1 is 1.05 bits per heavy atom. The summed E-state index contributed by atoms with van der Waals surface area (Å²) in [5.41, 5.74) is 1.75. The first-order valence-electron chi connectivity index (χ1n) is 13.0. The Labute approximate surface area is 256 Å². The van der Waals surface area contributed by atoms with Crippen LogP contribution in [0.5, 0.6) is 5.75 Å². The summed E-state index contributed by atoms with van der Waals surface area (Å²) in [5, 5.41) is 12.8. The van der Waals surface area contributed by atoms with Gasteiger partial charge in [0, 0.05) is 50.1 Å². The molecule has 0 spiro atoms. The molecule has 3 aromatic rings. The van der Waals surface area contributed by atoms with Crippen molar-refractivity contribution in [1.29, 1.82) is 0 Å². The summed E-state index contributed by atoms with van der Waals surface area (Å²) in [7, 11) is -3.22. The number of ether oxygens (including phenoxy) is 2. The van der Waals surface area contributed by atoms with Gasteiger partial charge in [0.05, 0.1) is 49.3 Å². The number of hydrogen-bond donors (Lipinski definition) is 0. The van der Waals surface area contributed by atoms with E-state index < -0.39 is 18.4 Å². The standard InChI is InChI=1S/C27H27BrCl2N5O5P/c1-3-32(4-2)18-7-10-26-25(17-18)40-27(36)34(19-5-8-22(29)23(30)16-19)41(26,33-11-13-39-14-12-33)31-24-9-6-20(35(37)38)15-21(24)28/h5-10,15-17H,3-4,11-14H2,1-2H3. The van der Waals surface area contributed by atoms with E-state index in [0.717, 1.165) is 24.1 Å². The van der Waals surface area contributed by atoms with Gasteiger partial charge in [-0.3, -0.25) is 10.1 Å². The average Bonchev–Trinajstić information content (AvgIpc) is 2.96. The highest BCUT2D eigenvalue weighted by atomic mass is 79.9. The molecule has 5 rings (SSSR count). The topological polar surface area (TPSA) is 101 Å². The number of nitro benzene ring substituents is 1. The molecule has 216 valence electrons. The normalized spacial score (nSPS) is 19.0. The molecule has 0 saturated carbocycles. The van der Waals surface area contributed by atoms with Crippen LogP contribution < -0.4 is 19.6 Å². The zero-order chi connectivity index (χ0) is 29.3. The van der Waals surface area contributed by atoms with Crippen LogP contribution in [0, 0.1) is 10.1 Å². The van der Waals surface area contributed by atoms with Crippen LogP contribution in [-0.4, -0.2) is 55.1 Å². The zero-order valence-electron chi connectivity index (χ0n) is 22.3. The van der Waals surface area contributed by atoms with Crippen LogP contribution in [0.1, 0.15) is 13.8 Å². The maximum Gasteiger partial charge on any atom is 0.425 e. The first-order chi connectivity index (χ1) is 19.7. The van der Waals surface area contributed by atoms with E-state index in [1.54, 1.807) is 28.9 Å². The molecule has 0 bridgehead atoms. The molecular weight excluding hydrogens is 656 g/mol. The van der Waals surface area contributed by atoms with Crippen molar-refractivity contribution in [3.05, 3.63) is 79.2 Å². The predicted molar refractivity (Wildman–Crippen MR) is 167 cm³/mol. The number of nitro groups is 1. The molecule has 0 N–H and O–H groups in total. The highest BCUT2D eigenvalue weighted by Crippen LogP contribution is 2.63. The molecule has 0 aliphatic carbocycles. The lowest BCUT2D eigenvalue weighted by atomic mass is 10.2. The minimum Gasteiger partial charge on any atom is -0.409 e. The monoisotopic (exact) mass is 681 g/mol. The van der Waals surface area contributed by atoms with Crippen molar-refractivity contribution in [1.82, 2.24) is 4.67 Å². The van der Waals surface area contributed by atoms with Gasteiger partial charge in [0.1, 0.15) is 5.75 Å². The number of rotatable bonds is 7. The van der Waals surface area contributed by atoms with Crippen molar-refractivity contribution >= 4 is 80.6 Å². The van der Waals surface area contributed by atoms with Gasteiger partial charge in [-0.15, -0.1) is 0 Å². The number of halogens is 3. The third-order valence-electron chi connectivity index (χ3n) is 6.96. The molecular formula is C27H27BrCl2N5O5P. The van der Waals surface area contributed by atoms with Gasteiger partial charge >= 0.3 is 6.09 Å². The van der Waals surface area contributed by atoms with E-state index in [1.165, 1.54) is 12.1 Å². The SMILES string of the molecule is CCN(CC)c1ccc2c(c1)OC(=O)N(c1ccc(Cl)c(Cl)c1)P2(=Nc1ccc([N+](=O)[O-])cc1Br)N1CCOCC1. The maximum atomic E-state index is 14.1. The fourth-order valence-corrected chi connectivity index (χ4v) is 9.55. The van der Waals surface area contributed by atoms with Crippen LogP contribution in [0.2, 0.25) is 10.0 Å². The number of nitrogens with zero attached hydrogens (tertiary/aromatic N) is 5. The predicted octanol–water partition coefficient (Wildman–Crippen LogP) is 7.85. The molecule has 14 heteroatoms. The maximum absolute atomic E-state index is 14.1. The quantitative estimate of drug-likeness (QED) is 0.142. The van der Waals surface area contributed by atoms with E-state index in [4.69, 9.17) is 37.4 Å². The second-order valence-corrected chi connectivity index (χ2v) is 13.7. The second-order valence-electron chi connectivity index (χ2n) is 9.23. The average molecular weight is 683 g/mol. The van der Waals surface area contributed by atoms with Crippen molar-refractivity contribution in [2.45, 2.75) is 13.8 Å². The minimum atomic E-state index is -3.22. The van der Waals surface area contributed by atoms with Crippen LogP contribution in [0.4, 0.5) is 27.5 Å². The molecule has 0 radical (unpaired) electrons. The summed E-state index contributed by atoms with van der Waals surface area (Å²) in [6.07, 6.45) is -0.616. The number of anilines is 2. The molecule has 2 heterocycles. The lowest BCUT2D eigenvalue weighted by Crippen LogP contribution is -2.49. The van der Waals surface area contributed by atoms with E-state index in [1.807, 2.05) is 18.2 Å². The van der Waals surface area contributed by atoms with Crippen LogP contribution in [0.25, 0.3) is 0 Å². The van der Waals surface area contributed by atoms with Gasteiger partial charge in [0.25, 0.3) is 5.69 Å². The molecule has 1 unspecified atom stereocenters. The molecule has 2 aliphatic rings. The number of fused-ring (bicyclic) bond motifs is 1. The van der Waals surface area contributed by atoms with Gasteiger partial charge in [-0.2, -0.15) is 0 Å². The lowest BCUT2D eigenvalue weighted by Gasteiger charge is -2.47. The van der Waals surface area contributed by atoms with E-state index in [9.17, 15) is 14.9 Å². The summed E-state index contributed by atoms with van der Waals surface area (Å²) in [5.74, 6) is 0.414. The molecule has 1 saturated heterocycles. The number of hydrogen-bond acceptors (Lipinski definition) is 7. The van der Waals surface area contributed by atoms with Gasteiger partial charge in [0.2, 0.25) is 0 Å². The van der Waals surface area contributed by atoms with Crippen LogP contribution in [-0.2, 0) is 4.74 Å². The lowest BCUT2D eigenvalue weighted by molar-refractivity contribution is -0.384. The van der Waals surface area contributed by atoms with Crippen LogP contribution in [0.15, 0.2) is 63.8 Å². The Kier molecular flexibility index (Phi) is 8.94. The highest BCUT2D eigenvalue weighted by Gasteiger charge is 2.48.